The molecule has 1 aromatic rings. The Labute approximate surface area is 117 Å². The first-order valence-corrected chi connectivity index (χ1v) is 7.15. The summed E-state index contributed by atoms with van der Waals surface area (Å²) in [4.78, 5) is 0. The first kappa shape index (κ1) is 16.2. The maximum Gasteiger partial charge on any atom is 0.0669 e. The number of hydrogen-bond acceptors (Lipinski definition) is 3. The van der Waals surface area contributed by atoms with Gasteiger partial charge < -0.3 is 10.1 Å². The molecular formula is C15H29N3O. The van der Waals surface area contributed by atoms with Crippen LogP contribution in [-0.4, -0.2) is 28.5 Å². The van der Waals surface area contributed by atoms with Crippen molar-refractivity contribution in [2.24, 2.45) is 5.92 Å². The maximum absolute atomic E-state index is 5.72. The Balaban J connectivity index is 2.40. The van der Waals surface area contributed by atoms with Crippen LogP contribution in [0, 0.1) is 12.8 Å². The first-order valence-electron chi connectivity index (χ1n) is 7.15. The molecule has 4 heteroatoms. The predicted molar refractivity (Wildman–Crippen MR) is 79.2 cm³/mol. The highest BCUT2D eigenvalue weighted by Gasteiger charge is 2.10. The third-order valence-electron chi connectivity index (χ3n) is 2.77. The topological polar surface area (TPSA) is 39.1 Å². The van der Waals surface area contributed by atoms with Crippen molar-refractivity contribution >= 4 is 0 Å². The molecule has 0 aliphatic rings. The van der Waals surface area contributed by atoms with E-state index in [9.17, 15) is 0 Å². The number of nitrogens with zero attached hydrogens (tertiary/aromatic N) is 2. The van der Waals surface area contributed by atoms with Gasteiger partial charge in [-0.25, -0.2) is 0 Å². The van der Waals surface area contributed by atoms with Crippen LogP contribution in [0.25, 0.3) is 0 Å². The summed E-state index contributed by atoms with van der Waals surface area (Å²) < 4.78 is 7.70. The van der Waals surface area contributed by atoms with E-state index in [4.69, 9.17) is 4.74 Å². The van der Waals surface area contributed by atoms with Crippen LogP contribution in [0.2, 0.25) is 0 Å². The van der Waals surface area contributed by atoms with E-state index in [-0.39, 0.29) is 5.60 Å². The fourth-order valence-corrected chi connectivity index (χ4v) is 1.79. The van der Waals surface area contributed by atoms with E-state index in [0.717, 1.165) is 25.3 Å². The van der Waals surface area contributed by atoms with Crippen molar-refractivity contribution in [3.05, 3.63) is 17.5 Å². The summed E-state index contributed by atoms with van der Waals surface area (Å²) >= 11 is 0. The van der Waals surface area contributed by atoms with Gasteiger partial charge in [0.2, 0.25) is 0 Å². The Kier molecular flexibility index (Phi) is 6.01. The fraction of sp³-hybridized carbons (Fsp3) is 0.800. The summed E-state index contributed by atoms with van der Waals surface area (Å²) in [6.45, 7) is 16.1. The lowest BCUT2D eigenvalue weighted by molar-refractivity contribution is -0.00791. The average Bonchev–Trinajstić information content (AvgIpc) is 2.57. The largest absolute Gasteiger partial charge is 0.374 e. The minimum absolute atomic E-state index is 0.0795. The van der Waals surface area contributed by atoms with Gasteiger partial charge in [0.25, 0.3) is 0 Å². The Morgan fingerprint density at radius 2 is 2.05 bits per heavy atom. The quantitative estimate of drug-likeness (QED) is 0.825. The first-order chi connectivity index (χ1) is 8.78. The Hall–Kier alpha value is -0.870. The number of ether oxygens (including phenoxy) is 1. The Bertz CT molecular complexity index is 377. The molecule has 1 heterocycles. The zero-order chi connectivity index (χ0) is 14.5. The molecular weight excluding hydrogens is 238 g/mol. The smallest absolute Gasteiger partial charge is 0.0669 e. The van der Waals surface area contributed by atoms with Crippen molar-refractivity contribution in [1.82, 2.24) is 15.1 Å². The van der Waals surface area contributed by atoms with E-state index >= 15 is 0 Å². The molecule has 0 aliphatic carbocycles. The second-order valence-corrected chi connectivity index (χ2v) is 6.49. The van der Waals surface area contributed by atoms with Crippen LogP contribution in [0.1, 0.15) is 45.9 Å². The molecule has 110 valence electrons. The van der Waals surface area contributed by atoms with Gasteiger partial charge in [0, 0.05) is 18.3 Å². The van der Waals surface area contributed by atoms with Gasteiger partial charge in [-0.1, -0.05) is 13.8 Å². The summed E-state index contributed by atoms with van der Waals surface area (Å²) in [6, 6.07) is 0. The van der Waals surface area contributed by atoms with Gasteiger partial charge in [0.05, 0.1) is 24.4 Å². The lowest BCUT2D eigenvalue weighted by Gasteiger charge is -2.19. The van der Waals surface area contributed by atoms with Gasteiger partial charge in [-0.3, -0.25) is 4.68 Å². The SMILES string of the molecule is Cc1nn(CCOC(C)(C)C)cc1CNCC(C)C. The molecule has 1 aromatic heterocycles. The Morgan fingerprint density at radius 1 is 1.37 bits per heavy atom. The number of nitrogens with one attached hydrogen (secondary N) is 1. The average molecular weight is 267 g/mol. The molecule has 0 fully saturated rings. The molecule has 0 saturated carbocycles. The highest BCUT2D eigenvalue weighted by molar-refractivity contribution is 5.15. The van der Waals surface area contributed by atoms with E-state index < -0.39 is 0 Å². The minimum Gasteiger partial charge on any atom is -0.374 e. The standard InChI is InChI=1S/C15H29N3O/c1-12(2)9-16-10-14-11-18(17-13(14)3)7-8-19-15(4,5)6/h11-12,16H,7-10H2,1-6H3. The molecule has 0 radical (unpaired) electrons. The number of rotatable bonds is 7. The van der Waals surface area contributed by atoms with Crippen LogP contribution in [0.3, 0.4) is 0 Å². The second kappa shape index (κ2) is 7.06. The fourth-order valence-electron chi connectivity index (χ4n) is 1.79. The zero-order valence-corrected chi connectivity index (χ0v) is 13.3. The molecule has 0 atom stereocenters. The molecule has 1 rings (SSSR count). The molecule has 0 saturated heterocycles. The molecule has 0 unspecified atom stereocenters. The zero-order valence-electron chi connectivity index (χ0n) is 13.3. The normalized spacial score (nSPS) is 12.4. The van der Waals surface area contributed by atoms with E-state index in [0.29, 0.717) is 12.5 Å². The highest BCUT2D eigenvalue weighted by atomic mass is 16.5. The predicted octanol–water partition coefficient (Wildman–Crippen LogP) is 2.75. The van der Waals surface area contributed by atoms with E-state index in [1.165, 1.54) is 5.56 Å². The molecule has 4 nitrogen and oxygen atoms in total. The highest BCUT2D eigenvalue weighted by Crippen LogP contribution is 2.08. The van der Waals surface area contributed by atoms with Gasteiger partial charge in [-0.2, -0.15) is 5.10 Å². The molecule has 0 amide bonds. The van der Waals surface area contributed by atoms with Crippen LogP contribution in [0.5, 0.6) is 0 Å². The van der Waals surface area contributed by atoms with E-state index in [1.807, 2.05) is 4.68 Å². The van der Waals surface area contributed by atoms with E-state index in [2.05, 4.69) is 58.2 Å². The monoisotopic (exact) mass is 267 g/mol. The van der Waals surface area contributed by atoms with Crippen molar-refractivity contribution in [2.75, 3.05) is 13.2 Å². The third-order valence-corrected chi connectivity index (χ3v) is 2.77. The van der Waals surface area contributed by atoms with Crippen molar-refractivity contribution < 1.29 is 4.74 Å². The van der Waals surface area contributed by atoms with Gasteiger partial charge in [0.15, 0.2) is 0 Å². The van der Waals surface area contributed by atoms with Gasteiger partial charge in [0.1, 0.15) is 0 Å². The molecule has 1 N–H and O–H groups in total. The summed E-state index contributed by atoms with van der Waals surface area (Å²) in [7, 11) is 0. The second-order valence-electron chi connectivity index (χ2n) is 6.49. The van der Waals surface area contributed by atoms with Crippen LogP contribution in [-0.2, 0) is 17.8 Å². The molecule has 0 spiro atoms. The molecule has 0 aliphatic heterocycles. The van der Waals surface area contributed by atoms with Crippen LogP contribution in [0.15, 0.2) is 6.20 Å². The summed E-state index contributed by atoms with van der Waals surface area (Å²) in [5.74, 6) is 0.676. The molecule has 0 bridgehead atoms. The van der Waals surface area contributed by atoms with Crippen molar-refractivity contribution in [3.63, 3.8) is 0 Å². The minimum atomic E-state index is -0.0795. The lowest BCUT2D eigenvalue weighted by Crippen LogP contribution is -2.22. The number of aryl methyl sites for hydroxylation is 1. The maximum atomic E-state index is 5.72. The van der Waals surface area contributed by atoms with E-state index in [1.54, 1.807) is 0 Å². The van der Waals surface area contributed by atoms with Gasteiger partial charge in [-0.05, 0) is 40.2 Å². The Morgan fingerprint density at radius 3 is 2.63 bits per heavy atom. The van der Waals surface area contributed by atoms with Crippen molar-refractivity contribution in [3.8, 4) is 0 Å². The number of aromatic nitrogens is 2. The van der Waals surface area contributed by atoms with Crippen LogP contribution in [0.4, 0.5) is 0 Å². The van der Waals surface area contributed by atoms with Crippen LogP contribution >= 0.6 is 0 Å². The third kappa shape index (κ3) is 6.73. The molecule has 19 heavy (non-hydrogen) atoms. The van der Waals surface area contributed by atoms with Gasteiger partial charge >= 0.3 is 0 Å². The number of hydrogen-bond donors (Lipinski definition) is 1. The summed E-state index contributed by atoms with van der Waals surface area (Å²) in [6.07, 6.45) is 2.12. The lowest BCUT2D eigenvalue weighted by atomic mass is 10.2. The van der Waals surface area contributed by atoms with Crippen molar-refractivity contribution in [1.29, 1.82) is 0 Å². The van der Waals surface area contributed by atoms with Crippen molar-refractivity contribution in [2.45, 2.75) is 60.2 Å². The molecule has 0 aromatic carbocycles. The summed E-state index contributed by atoms with van der Waals surface area (Å²) in [5, 5.41) is 7.98. The van der Waals surface area contributed by atoms with Gasteiger partial charge in [-0.15, -0.1) is 0 Å². The summed E-state index contributed by atoms with van der Waals surface area (Å²) in [5.41, 5.74) is 2.30. The van der Waals surface area contributed by atoms with Crippen LogP contribution < -0.4 is 5.32 Å².